The van der Waals surface area contributed by atoms with Gasteiger partial charge in [0.15, 0.2) is 0 Å². The van der Waals surface area contributed by atoms with E-state index in [2.05, 4.69) is 0 Å². The summed E-state index contributed by atoms with van der Waals surface area (Å²) in [5, 5.41) is 8.39. The molecule has 0 spiro atoms. The third kappa shape index (κ3) is 4.29. The van der Waals surface area contributed by atoms with E-state index in [9.17, 15) is 14.4 Å². The number of primary amides is 1. The van der Waals surface area contributed by atoms with Crippen molar-refractivity contribution in [3.05, 3.63) is 0 Å². The van der Waals surface area contributed by atoms with Crippen molar-refractivity contribution in [2.24, 2.45) is 5.73 Å². The highest BCUT2D eigenvalue weighted by atomic mass is 16.4. The van der Waals surface area contributed by atoms with E-state index in [0.29, 0.717) is 0 Å². The molecule has 3 amide bonds. The maximum absolute atomic E-state index is 11.3. The van der Waals surface area contributed by atoms with Crippen LogP contribution in [0.3, 0.4) is 0 Å². The van der Waals surface area contributed by atoms with Crippen LogP contribution in [0.15, 0.2) is 0 Å². The molecule has 0 radical (unpaired) electrons. The Balaban J connectivity index is 4.16. The van der Waals surface area contributed by atoms with E-state index in [-0.39, 0.29) is 6.54 Å². The van der Waals surface area contributed by atoms with Crippen molar-refractivity contribution in [3.63, 3.8) is 0 Å². The number of urea groups is 1. The van der Waals surface area contributed by atoms with Gasteiger partial charge in [-0.3, -0.25) is 9.59 Å². The number of hydrogen-bond acceptors (Lipinski definition) is 3. The van der Waals surface area contributed by atoms with Crippen LogP contribution in [-0.2, 0) is 9.59 Å². The van der Waals surface area contributed by atoms with Crippen LogP contribution in [0.2, 0.25) is 0 Å². The highest BCUT2D eigenvalue weighted by molar-refractivity contribution is 5.84. The van der Waals surface area contributed by atoms with Gasteiger partial charge in [0.05, 0.1) is 0 Å². The van der Waals surface area contributed by atoms with Crippen LogP contribution < -0.4 is 5.73 Å². The van der Waals surface area contributed by atoms with Crippen molar-refractivity contribution in [2.45, 2.75) is 0 Å². The Bertz CT molecular complexity index is 229. The summed E-state index contributed by atoms with van der Waals surface area (Å²) < 4.78 is 0. The molecule has 7 nitrogen and oxygen atoms in total. The molecule has 0 fully saturated rings. The fraction of sp³-hybridized carbons (Fsp3) is 0.571. The molecule has 0 aromatic rings. The molecule has 0 rings (SSSR count). The third-order valence-corrected chi connectivity index (χ3v) is 1.42. The minimum absolute atomic E-state index is 0.233. The zero-order valence-corrected chi connectivity index (χ0v) is 8.06. The van der Waals surface area contributed by atoms with Gasteiger partial charge in [0.2, 0.25) is 5.91 Å². The second-order valence-electron chi connectivity index (χ2n) is 2.85. The molecular formula is C7H13N3O4. The summed E-state index contributed by atoms with van der Waals surface area (Å²) in [6.45, 7) is -0.648. The van der Waals surface area contributed by atoms with Gasteiger partial charge in [0.25, 0.3) is 0 Å². The molecule has 0 heterocycles. The average Bonchev–Trinajstić information content (AvgIpc) is 2.00. The average molecular weight is 203 g/mol. The van der Waals surface area contributed by atoms with Crippen LogP contribution in [0.4, 0.5) is 4.79 Å². The van der Waals surface area contributed by atoms with Crippen molar-refractivity contribution >= 4 is 17.9 Å². The quantitative estimate of drug-likeness (QED) is 0.582. The van der Waals surface area contributed by atoms with Gasteiger partial charge in [-0.05, 0) is 0 Å². The number of carboxylic acids is 1. The summed E-state index contributed by atoms with van der Waals surface area (Å²) in [6.07, 6.45) is 0. The molecule has 0 aliphatic carbocycles. The second-order valence-corrected chi connectivity index (χ2v) is 2.85. The lowest BCUT2D eigenvalue weighted by atomic mass is 10.5. The monoisotopic (exact) mass is 203 g/mol. The lowest BCUT2D eigenvalue weighted by molar-refractivity contribution is -0.137. The Kier molecular flexibility index (Phi) is 4.41. The van der Waals surface area contributed by atoms with E-state index in [1.54, 1.807) is 0 Å². The summed E-state index contributed by atoms with van der Waals surface area (Å²) in [5.74, 6) is -1.77. The molecule has 0 unspecified atom stereocenters. The number of nitrogens with zero attached hydrogens (tertiary/aromatic N) is 2. The topological polar surface area (TPSA) is 104 Å². The largest absolute Gasteiger partial charge is 0.480 e. The van der Waals surface area contributed by atoms with Crippen molar-refractivity contribution < 1.29 is 19.5 Å². The molecule has 0 bridgehead atoms. The van der Waals surface area contributed by atoms with Gasteiger partial charge in [0, 0.05) is 14.1 Å². The molecule has 0 aromatic carbocycles. The number of nitrogens with two attached hydrogens (primary N) is 1. The summed E-state index contributed by atoms with van der Waals surface area (Å²) in [4.78, 5) is 34.0. The molecule has 0 atom stereocenters. The number of rotatable bonds is 4. The molecule has 0 aliphatic rings. The van der Waals surface area contributed by atoms with Gasteiger partial charge in [0.1, 0.15) is 13.1 Å². The number of hydrogen-bond donors (Lipinski definition) is 2. The molecule has 3 N–H and O–H groups in total. The molecule has 0 saturated heterocycles. The Hall–Kier alpha value is -1.79. The fourth-order valence-corrected chi connectivity index (χ4v) is 0.863. The van der Waals surface area contributed by atoms with Gasteiger partial charge < -0.3 is 20.6 Å². The smallest absolute Gasteiger partial charge is 0.323 e. The zero-order chi connectivity index (χ0) is 11.3. The van der Waals surface area contributed by atoms with Crippen LogP contribution in [0.25, 0.3) is 0 Å². The van der Waals surface area contributed by atoms with Gasteiger partial charge in [-0.25, -0.2) is 4.79 Å². The molecule has 80 valence electrons. The van der Waals surface area contributed by atoms with E-state index in [1.807, 2.05) is 0 Å². The van der Waals surface area contributed by atoms with Crippen LogP contribution >= 0.6 is 0 Å². The molecule has 0 saturated carbocycles. The van der Waals surface area contributed by atoms with Crippen LogP contribution in [0.1, 0.15) is 0 Å². The summed E-state index contributed by atoms with van der Waals surface area (Å²) in [7, 11) is 2.69. The van der Waals surface area contributed by atoms with E-state index < -0.39 is 24.5 Å². The first-order valence-electron chi connectivity index (χ1n) is 3.81. The van der Waals surface area contributed by atoms with Gasteiger partial charge >= 0.3 is 12.0 Å². The number of carbonyl (C=O) groups excluding carboxylic acids is 2. The number of amides is 3. The highest BCUT2D eigenvalue weighted by Crippen LogP contribution is 1.92. The fourth-order valence-electron chi connectivity index (χ4n) is 0.863. The van der Waals surface area contributed by atoms with E-state index in [1.165, 1.54) is 14.1 Å². The minimum atomic E-state index is -1.12. The summed E-state index contributed by atoms with van der Waals surface area (Å²) >= 11 is 0. The lowest BCUT2D eigenvalue weighted by Crippen LogP contribution is -2.44. The molecular weight excluding hydrogens is 190 g/mol. The minimum Gasteiger partial charge on any atom is -0.480 e. The number of carboxylic acid groups (broad SMARTS) is 1. The van der Waals surface area contributed by atoms with E-state index >= 15 is 0 Å². The first kappa shape index (κ1) is 12.2. The molecule has 14 heavy (non-hydrogen) atoms. The maximum atomic E-state index is 11.3. The Morgan fingerprint density at radius 2 is 1.57 bits per heavy atom. The van der Waals surface area contributed by atoms with Crippen molar-refractivity contribution in [1.29, 1.82) is 0 Å². The predicted octanol–water partition coefficient (Wildman–Crippen LogP) is -1.46. The Morgan fingerprint density at radius 1 is 1.14 bits per heavy atom. The Morgan fingerprint density at radius 3 is 1.93 bits per heavy atom. The maximum Gasteiger partial charge on any atom is 0.323 e. The van der Waals surface area contributed by atoms with Crippen LogP contribution in [0.5, 0.6) is 0 Å². The zero-order valence-electron chi connectivity index (χ0n) is 8.06. The number of carbonyl (C=O) groups is 3. The number of aliphatic carboxylic acids is 1. The van der Waals surface area contributed by atoms with Crippen LogP contribution in [0, 0.1) is 0 Å². The van der Waals surface area contributed by atoms with Crippen molar-refractivity contribution in [2.75, 3.05) is 27.2 Å². The number of likely N-dealkylation sites (N-methyl/N-ethyl adjacent to an activating group) is 2. The van der Waals surface area contributed by atoms with Crippen molar-refractivity contribution in [1.82, 2.24) is 9.80 Å². The molecule has 0 aromatic heterocycles. The normalized spacial score (nSPS) is 9.29. The van der Waals surface area contributed by atoms with Gasteiger partial charge in [-0.1, -0.05) is 0 Å². The Labute approximate surface area is 81.1 Å². The van der Waals surface area contributed by atoms with Gasteiger partial charge in [-0.15, -0.1) is 0 Å². The first-order valence-corrected chi connectivity index (χ1v) is 3.81. The van der Waals surface area contributed by atoms with E-state index in [0.717, 1.165) is 9.80 Å². The van der Waals surface area contributed by atoms with Crippen molar-refractivity contribution in [3.8, 4) is 0 Å². The predicted molar refractivity (Wildman–Crippen MR) is 47.5 cm³/mol. The first-order chi connectivity index (χ1) is 6.34. The van der Waals surface area contributed by atoms with Gasteiger partial charge in [-0.2, -0.15) is 0 Å². The highest BCUT2D eigenvalue weighted by Gasteiger charge is 2.17. The summed E-state index contributed by atoms with van der Waals surface area (Å²) in [5.41, 5.74) is 4.86. The molecule has 0 aliphatic heterocycles. The SMILES string of the molecule is CN(CC(N)=O)C(=O)N(C)CC(=O)O. The standard InChI is InChI=1S/C7H13N3O4/c1-9(3-5(8)11)7(14)10(2)4-6(12)13/h3-4H2,1-2H3,(H2,8,11)(H,12,13). The van der Waals surface area contributed by atoms with Crippen LogP contribution in [-0.4, -0.2) is 60.0 Å². The summed E-state index contributed by atoms with van der Waals surface area (Å²) in [6, 6.07) is -0.564. The van der Waals surface area contributed by atoms with E-state index in [4.69, 9.17) is 10.8 Å². The molecule has 7 heteroatoms. The second kappa shape index (κ2) is 5.05. The third-order valence-electron chi connectivity index (χ3n) is 1.42. The lowest BCUT2D eigenvalue weighted by Gasteiger charge is -2.22.